The first-order valence-corrected chi connectivity index (χ1v) is 11.6. The quantitative estimate of drug-likeness (QED) is 0.370. The average molecular weight is 483 g/mol. The molecule has 2 nitrogen and oxygen atoms in total. The molecule has 0 heterocycles. The van der Waals surface area contributed by atoms with Gasteiger partial charge in [0.2, 0.25) is 0 Å². The minimum Gasteiger partial charge on any atom is -0.375 e. The molecule has 0 radical (unpaired) electrons. The molecule has 0 aromatic rings. The van der Waals surface area contributed by atoms with Crippen LogP contribution in [0.4, 0.5) is 8.78 Å². The summed E-state index contributed by atoms with van der Waals surface area (Å²) >= 11 is 0. The van der Waals surface area contributed by atoms with E-state index < -0.39 is 24.6 Å². The molecule has 162 valence electrons. The number of hydrogen-bond donors (Lipinski definition) is 0. The van der Waals surface area contributed by atoms with Gasteiger partial charge in [0.05, 0.1) is 12.2 Å². The molecular weight excluding hydrogens is 444 g/mol. The first-order valence-electron chi connectivity index (χ1n) is 11.6. The summed E-state index contributed by atoms with van der Waals surface area (Å²) in [5, 5.41) is 0. The third-order valence-electron chi connectivity index (χ3n) is 7.15. The number of alkyl halides is 2. The molecule has 0 saturated heterocycles. The summed E-state index contributed by atoms with van der Waals surface area (Å²) in [6, 6.07) is 0. The second-order valence-electron chi connectivity index (χ2n) is 9.27. The van der Waals surface area contributed by atoms with E-state index in [1.54, 1.807) is 0 Å². The van der Waals surface area contributed by atoms with E-state index in [1.165, 1.54) is 19.3 Å². The third-order valence-corrected chi connectivity index (χ3v) is 7.15. The molecular formula is C24H39F2O2Rb. The van der Waals surface area contributed by atoms with Crippen molar-refractivity contribution in [1.82, 2.24) is 0 Å². The van der Waals surface area contributed by atoms with Crippen LogP contribution >= 0.6 is 0 Å². The van der Waals surface area contributed by atoms with Crippen molar-refractivity contribution in [3.05, 3.63) is 19.1 Å². The van der Waals surface area contributed by atoms with Gasteiger partial charge in [-0.25, -0.2) is 8.78 Å². The Balaban J connectivity index is 0.00000300. The van der Waals surface area contributed by atoms with Gasteiger partial charge >= 0.3 is 58.2 Å². The van der Waals surface area contributed by atoms with E-state index in [2.05, 4.69) is 13.0 Å². The minimum absolute atomic E-state index is 0. The van der Waals surface area contributed by atoms with Gasteiger partial charge in [0.1, 0.15) is 0 Å². The zero-order chi connectivity index (χ0) is 19.8. The van der Waals surface area contributed by atoms with Gasteiger partial charge in [-0.2, -0.15) is 12.8 Å². The topological polar surface area (TPSA) is 18.5 Å². The number of halogens is 2. The molecule has 5 heteroatoms. The van der Waals surface area contributed by atoms with Crippen molar-refractivity contribution in [2.45, 2.75) is 102 Å². The molecule has 3 rings (SSSR count). The molecule has 0 amide bonds. The summed E-state index contributed by atoms with van der Waals surface area (Å²) in [6.07, 6.45) is 12.7. The van der Waals surface area contributed by atoms with E-state index in [0.29, 0.717) is 37.9 Å². The van der Waals surface area contributed by atoms with Crippen LogP contribution in [0, 0.1) is 24.2 Å². The first kappa shape index (κ1) is 26.6. The zero-order valence-corrected chi connectivity index (χ0v) is 23.3. The molecule has 3 fully saturated rings. The third kappa shape index (κ3) is 8.65. The largest absolute Gasteiger partial charge is 1.00 e. The van der Waals surface area contributed by atoms with E-state index in [9.17, 15) is 8.78 Å². The second-order valence-corrected chi connectivity index (χ2v) is 9.27. The smallest absolute Gasteiger partial charge is 0.375 e. The van der Waals surface area contributed by atoms with Gasteiger partial charge in [0.15, 0.2) is 12.3 Å². The number of hydrogen-bond acceptors (Lipinski definition) is 2. The Morgan fingerprint density at radius 1 is 0.759 bits per heavy atom. The SMILES string of the molecule is C=CCCC1CCC(COC2CCC(OCC3CC[CH-]CC3)C(F)C2F)CC1.[Rb+]. The molecule has 0 aromatic carbocycles. The maximum Gasteiger partial charge on any atom is 1.00 e. The zero-order valence-electron chi connectivity index (χ0n) is 18.4. The molecule has 0 aromatic heterocycles. The summed E-state index contributed by atoms with van der Waals surface area (Å²) in [6.45, 7) is 4.95. The summed E-state index contributed by atoms with van der Waals surface area (Å²) < 4.78 is 40.9. The fraction of sp³-hybridized carbons (Fsp3) is 0.875. The van der Waals surface area contributed by atoms with Crippen molar-refractivity contribution in [1.29, 1.82) is 0 Å². The molecule has 0 bridgehead atoms. The number of ether oxygens (including phenoxy) is 2. The van der Waals surface area contributed by atoms with Gasteiger partial charge in [0, 0.05) is 13.2 Å². The van der Waals surface area contributed by atoms with E-state index in [1.807, 2.05) is 6.08 Å². The van der Waals surface area contributed by atoms with Crippen molar-refractivity contribution < 1.29 is 76.4 Å². The van der Waals surface area contributed by atoms with Crippen LogP contribution in [0.1, 0.15) is 77.0 Å². The standard InChI is InChI=1S/C24H39F2O2.Rb/c1-2-3-7-18-10-12-20(13-11-18)17-28-22-15-14-21(23(25)24(22)26)27-16-19-8-5-4-6-9-19;/h2,4,18-24H,1,3,5-17H2;/q-1;+1. The van der Waals surface area contributed by atoms with Crippen molar-refractivity contribution >= 4 is 0 Å². The molecule has 3 saturated carbocycles. The van der Waals surface area contributed by atoms with Crippen molar-refractivity contribution in [2.24, 2.45) is 17.8 Å². The molecule has 0 N–H and O–H groups in total. The summed E-state index contributed by atoms with van der Waals surface area (Å²) in [4.78, 5) is 0. The Morgan fingerprint density at radius 3 is 1.76 bits per heavy atom. The predicted molar refractivity (Wildman–Crippen MR) is 110 cm³/mol. The molecule has 0 aliphatic heterocycles. The normalized spacial score (nSPS) is 36.3. The predicted octanol–water partition coefficient (Wildman–Crippen LogP) is 3.40. The van der Waals surface area contributed by atoms with Crippen LogP contribution < -0.4 is 58.2 Å². The van der Waals surface area contributed by atoms with Crippen LogP contribution in [0.5, 0.6) is 0 Å². The molecule has 3 aliphatic carbocycles. The van der Waals surface area contributed by atoms with Crippen LogP contribution in [-0.2, 0) is 9.47 Å². The second kappa shape index (κ2) is 14.5. The van der Waals surface area contributed by atoms with Gasteiger partial charge in [0.25, 0.3) is 0 Å². The molecule has 4 atom stereocenters. The van der Waals surface area contributed by atoms with Crippen LogP contribution in [0.2, 0.25) is 0 Å². The van der Waals surface area contributed by atoms with Crippen LogP contribution in [0.3, 0.4) is 0 Å². The van der Waals surface area contributed by atoms with Crippen molar-refractivity contribution in [3.63, 3.8) is 0 Å². The van der Waals surface area contributed by atoms with Crippen LogP contribution in [-0.4, -0.2) is 37.8 Å². The fourth-order valence-electron chi connectivity index (χ4n) is 5.13. The molecule has 0 spiro atoms. The number of allylic oxidation sites excluding steroid dienone is 1. The molecule has 4 unspecified atom stereocenters. The first-order chi connectivity index (χ1) is 13.7. The Labute approximate surface area is 225 Å². The van der Waals surface area contributed by atoms with E-state index in [-0.39, 0.29) is 58.2 Å². The van der Waals surface area contributed by atoms with E-state index in [4.69, 9.17) is 9.47 Å². The van der Waals surface area contributed by atoms with Gasteiger partial charge in [-0.3, -0.25) is 0 Å². The Bertz CT molecular complexity index is 450. The van der Waals surface area contributed by atoms with E-state index in [0.717, 1.165) is 50.9 Å². The Kier molecular flexibility index (Phi) is 13.3. The summed E-state index contributed by atoms with van der Waals surface area (Å²) in [5.41, 5.74) is 0. The Hall–Kier alpha value is 1.33. The Morgan fingerprint density at radius 2 is 1.24 bits per heavy atom. The monoisotopic (exact) mass is 482 g/mol. The van der Waals surface area contributed by atoms with Crippen molar-refractivity contribution in [2.75, 3.05) is 13.2 Å². The fourth-order valence-corrected chi connectivity index (χ4v) is 5.13. The van der Waals surface area contributed by atoms with Crippen LogP contribution in [0.15, 0.2) is 12.7 Å². The number of rotatable bonds is 9. The molecule has 29 heavy (non-hydrogen) atoms. The molecule has 3 aliphatic rings. The maximum atomic E-state index is 14.6. The van der Waals surface area contributed by atoms with Crippen molar-refractivity contribution in [3.8, 4) is 0 Å². The summed E-state index contributed by atoms with van der Waals surface area (Å²) in [5.74, 6) is 1.81. The van der Waals surface area contributed by atoms with Gasteiger partial charge in [-0.05, 0) is 56.3 Å². The average Bonchev–Trinajstić information content (AvgIpc) is 2.74. The van der Waals surface area contributed by atoms with Gasteiger partial charge in [-0.1, -0.05) is 31.8 Å². The van der Waals surface area contributed by atoms with Gasteiger partial charge < -0.3 is 15.9 Å². The maximum absolute atomic E-state index is 14.6. The summed E-state index contributed by atoms with van der Waals surface area (Å²) in [7, 11) is 0. The van der Waals surface area contributed by atoms with Gasteiger partial charge in [-0.15, -0.1) is 6.58 Å². The minimum atomic E-state index is -1.55. The van der Waals surface area contributed by atoms with E-state index >= 15 is 0 Å². The van der Waals surface area contributed by atoms with Crippen LogP contribution in [0.25, 0.3) is 0 Å².